The average molecular weight is 297 g/mol. The molecule has 0 atom stereocenters. The molecule has 0 aliphatic heterocycles. The van der Waals surface area contributed by atoms with E-state index < -0.39 is 0 Å². The quantitative estimate of drug-likeness (QED) is 0.667. The standard InChI is InChI=1S/C17H15NO2S/c19-13-8-7-12(16(20)10-13)11-18-15-5-2-1-4-14(15)17-6-3-9-21-17/h1-10,18-20H,11H2. The second-order valence-corrected chi connectivity index (χ2v) is 5.64. The average Bonchev–Trinajstić information content (AvgIpc) is 3.01. The molecule has 0 fully saturated rings. The smallest absolute Gasteiger partial charge is 0.124 e. The minimum atomic E-state index is 0.0650. The predicted octanol–water partition coefficient (Wildman–Crippen LogP) is 4.44. The second kappa shape index (κ2) is 5.89. The zero-order valence-electron chi connectivity index (χ0n) is 11.3. The molecule has 3 aromatic rings. The third-order valence-electron chi connectivity index (χ3n) is 3.25. The van der Waals surface area contributed by atoms with Crippen LogP contribution in [-0.2, 0) is 6.54 Å². The Morgan fingerprint density at radius 2 is 1.81 bits per heavy atom. The molecular weight excluding hydrogens is 282 g/mol. The summed E-state index contributed by atoms with van der Waals surface area (Å²) in [6.45, 7) is 0.495. The van der Waals surface area contributed by atoms with E-state index in [9.17, 15) is 10.2 Å². The van der Waals surface area contributed by atoms with E-state index in [2.05, 4.69) is 22.8 Å². The first-order valence-electron chi connectivity index (χ1n) is 6.61. The van der Waals surface area contributed by atoms with Crippen LogP contribution in [0.5, 0.6) is 11.5 Å². The number of para-hydroxylation sites is 1. The fourth-order valence-electron chi connectivity index (χ4n) is 2.18. The second-order valence-electron chi connectivity index (χ2n) is 4.69. The molecule has 1 heterocycles. The Morgan fingerprint density at radius 1 is 0.952 bits per heavy atom. The Bertz CT molecular complexity index is 738. The number of anilines is 1. The third kappa shape index (κ3) is 3.01. The molecule has 0 saturated carbocycles. The van der Waals surface area contributed by atoms with Gasteiger partial charge in [0.25, 0.3) is 0 Å². The summed E-state index contributed by atoms with van der Waals surface area (Å²) in [5.41, 5.74) is 2.91. The molecule has 0 spiro atoms. The molecule has 3 rings (SSSR count). The summed E-state index contributed by atoms with van der Waals surface area (Å²) < 4.78 is 0. The lowest BCUT2D eigenvalue weighted by Crippen LogP contribution is -2.00. The molecule has 4 heteroatoms. The van der Waals surface area contributed by atoms with E-state index in [0.717, 1.165) is 16.8 Å². The summed E-state index contributed by atoms with van der Waals surface area (Å²) in [6, 6.07) is 16.8. The molecule has 2 aromatic carbocycles. The molecule has 0 aliphatic carbocycles. The van der Waals surface area contributed by atoms with Crippen LogP contribution in [0.15, 0.2) is 60.0 Å². The predicted molar refractivity (Wildman–Crippen MR) is 86.9 cm³/mol. The van der Waals surface area contributed by atoms with E-state index in [1.54, 1.807) is 23.5 Å². The van der Waals surface area contributed by atoms with Crippen LogP contribution >= 0.6 is 11.3 Å². The topological polar surface area (TPSA) is 52.5 Å². The Kier molecular flexibility index (Phi) is 3.79. The Labute approximate surface area is 127 Å². The monoisotopic (exact) mass is 297 g/mol. The molecule has 21 heavy (non-hydrogen) atoms. The van der Waals surface area contributed by atoms with Gasteiger partial charge in [0, 0.05) is 34.3 Å². The number of nitrogens with one attached hydrogen (secondary N) is 1. The van der Waals surface area contributed by atoms with Gasteiger partial charge in [-0.3, -0.25) is 0 Å². The zero-order chi connectivity index (χ0) is 14.7. The number of phenolic OH excluding ortho intramolecular Hbond substituents is 2. The summed E-state index contributed by atoms with van der Waals surface area (Å²) in [6.07, 6.45) is 0. The normalized spacial score (nSPS) is 10.5. The summed E-state index contributed by atoms with van der Waals surface area (Å²) >= 11 is 1.69. The van der Waals surface area contributed by atoms with Gasteiger partial charge >= 0.3 is 0 Å². The first-order chi connectivity index (χ1) is 10.2. The van der Waals surface area contributed by atoms with Gasteiger partial charge in [-0.15, -0.1) is 11.3 Å². The highest BCUT2D eigenvalue weighted by Gasteiger charge is 2.07. The molecule has 0 amide bonds. The molecule has 0 bridgehead atoms. The van der Waals surface area contributed by atoms with E-state index in [-0.39, 0.29) is 11.5 Å². The molecule has 3 N–H and O–H groups in total. The highest BCUT2D eigenvalue weighted by Crippen LogP contribution is 2.32. The van der Waals surface area contributed by atoms with Gasteiger partial charge in [0.05, 0.1) is 0 Å². The SMILES string of the molecule is Oc1ccc(CNc2ccccc2-c2cccs2)c(O)c1. The van der Waals surface area contributed by atoms with E-state index in [4.69, 9.17) is 0 Å². The van der Waals surface area contributed by atoms with Crippen molar-refractivity contribution in [1.82, 2.24) is 0 Å². The van der Waals surface area contributed by atoms with Crippen molar-refractivity contribution in [1.29, 1.82) is 0 Å². The lowest BCUT2D eigenvalue weighted by atomic mass is 10.1. The molecular formula is C17H15NO2S. The Hall–Kier alpha value is -2.46. The van der Waals surface area contributed by atoms with E-state index >= 15 is 0 Å². The van der Waals surface area contributed by atoms with Crippen molar-refractivity contribution in [2.45, 2.75) is 6.54 Å². The van der Waals surface area contributed by atoms with Gasteiger partial charge in [0.15, 0.2) is 0 Å². The van der Waals surface area contributed by atoms with Gasteiger partial charge < -0.3 is 15.5 Å². The van der Waals surface area contributed by atoms with Crippen LogP contribution in [0.4, 0.5) is 5.69 Å². The molecule has 1 aromatic heterocycles. The van der Waals surface area contributed by atoms with Gasteiger partial charge in [0.1, 0.15) is 11.5 Å². The maximum atomic E-state index is 9.82. The minimum absolute atomic E-state index is 0.0650. The van der Waals surface area contributed by atoms with Crippen LogP contribution in [0.2, 0.25) is 0 Å². The Morgan fingerprint density at radius 3 is 2.57 bits per heavy atom. The van der Waals surface area contributed by atoms with Crippen molar-refractivity contribution >= 4 is 17.0 Å². The van der Waals surface area contributed by atoms with E-state index in [1.807, 2.05) is 24.3 Å². The van der Waals surface area contributed by atoms with Crippen LogP contribution in [0.25, 0.3) is 10.4 Å². The van der Waals surface area contributed by atoms with Gasteiger partial charge in [-0.25, -0.2) is 0 Å². The van der Waals surface area contributed by atoms with Crippen molar-refractivity contribution in [3.05, 3.63) is 65.5 Å². The zero-order valence-corrected chi connectivity index (χ0v) is 12.1. The van der Waals surface area contributed by atoms with E-state index in [0.29, 0.717) is 6.54 Å². The molecule has 0 unspecified atom stereocenters. The lowest BCUT2D eigenvalue weighted by Gasteiger charge is -2.12. The highest BCUT2D eigenvalue weighted by molar-refractivity contribution is 7.13. The van der Waals surface area contributed by atoms with Crippen LogP contribution in [0.3, 0.4) is 0 Å². The van der Waals surface area contributed by atoms with Crippen molar-refractivity contribution in [2.75, 3.05) is 5.32 Å². The van der Waals surface area contributed by atoms with Gasteiger partial charge in [-0.1, -0.05) is 24.3 Å². The van der Waals surface area contributed by atoms with Crippen LogP contribution in [0, 0.1) is 0 Å². The molecule has 0 aliphatic rings. The highest BCUT2D eigenvalue weighted by atomic mass is 32.1. The maximum absolute atomic E-state index is 9.82. The summed E-state index contributed by atoms with van der Waals surface area (Å²) in [7, 11) is 0. The van der Waals surface area contributed by atoms with Gasteiger partial charge in [-0.2, -0.15) is 0 Å². The van der Waals surface area contributed by atoms with Crippen LogP contribution in [-0.4, -0.2) is 10.2 Å². The fraction of sp³-hybridized carbons (Fsp3) is 0.0588. The lowest BCUT2D eigenvalue weighted by molar-refractivity contribution is 0.446. The summed E-state index contributed by atoms with van der Waals surface area (Å²) in [5.74, 6) is 0.159. The summed E-state index contributed by atoms with van der Waals surface area (Å²) in [5, 5.41) is 24.5. The van der Waals surface area contributed by atoms with Crippen molar-refractivity contribution < 1.29 is 10.2 Å². The van der Waals surface area contributed by atoms with E-state index in [1.165, 1.54) is 10.9 Å². The van der Waals surface area contributed by atoms with Crippen molar-refractivity contribution in [3.8, 4) is 21.9 Å². The van der Waals surface area contributed by atoms with Gasteiger partial charge in [0.2, 0.25) is 0 Å². The van der Waals surface area contributed by atoms with Crippen molar-refractivity contribution in [3.63, 3.8) is 0 Å². The number of rotatable bonds is 4. The number of benzene rings is 2. The molecule has 106 valence electrons. The number of phenols is 2. The largest absolute Gasteiger partial charge is 0.508 e. The fourth-order valence-corrected chi connectivity index (χ4v) is 2.94. The molecule has 0 radical (unpaired) electrons. The first-order valence-corrected chi connectivity index (χ1v) is 7.49. The first kappa shape index (κ1) is 13.5. The van der Waals surface area contributed by atoms with Gasteiger partial charge in [-0.05, 0) is 29.6 Å². The molecule has 3 nitrogen and oxygen atoms in total. The summed E-state index contributed by atoms with van der Waals surface area (Å²) in [4.78, 5) is 1.20. The van der Waals surface area contributed by atoms with Crippen LogP contribution in [0.1, 0.15) is 5.56 Å². The third-order valence-corrected chi connectivity index (χ3v) is 4.16. The number of hydrogen-bond acceptors (Lipinski definition) is 4. The van der Waals surface area contributed by atoms with Crippen molar-refractivity contribution in [2.24, 2.45) is 0 Å². The number of aromatic hydroxyl groups is 2. The number of thiophene rings is 1. The Balaban J connectivity index is 1.83. The molecule has 0 saturated heterocycles. The van der Waals surface area contributed by atoms with Crippen LogP contribution < -0.4 is 5.32 Å². The number of hydrogen-bond donors (Lipinski definition) is 3. The minimum Gasteiger partial charge on any atom is -0.508 e. The maximum Gasteiger partial charge on any atom is 0.124 e.